The third-order valence-electron chi connectivity index (χ3n) is 14.5. The van der Waals surface area contributed by atoms with Crippen LogP contribution in [0.4, 0.5) is 0 Å². The minimum atomic E-state index is -4.06. The molecule has 3 aromatic carbocycles. The summed E-state index contributed by atoms with van der Waals surface area (Å²) >= 11 is 0. The second-order valence-corrected chi connectivity index (χ2v) is 23.7. The second kappa shape index (κ2) is 50.0. The molecule has 0 aliphatic heterocycles. The van der Waals surface area contributed by atoms with Crippen LogP contribution in [0, 0.1) is 0 Å². The Kier molecular flexibility index (Phi) is 43.0. The molecule has 0 aromatic heterocycles. The Morgan fingerprint density at radius 3 is 1.06 bits per heavy atom. The molecular weight excluding hydrogens is 1240 g/mol. The maximum atomic E-state index is 13.9. The van der Waals surface area contributed by atoms with Crippen molar-refractivity contribution in [2.24, 2.45) is 0 Å². The summed E-state index contributed by atoms with van der Waals surface area (Å²) < 4.78 is 55.1. The number of methoxy groups -OCH3 is 3. The molecule has 3 rings (SSSR count). The lowest BCUT2D eigenvalue weighted by Crippen LogP contribution is -2.58. The van der Waals surface area contributed by atoms with Crippen molar-refractivity contribution in [3.8, 4) is 17.2 Å². The Morgan fingerprint density at radius 2 is 0.702 bits per heavy atom. The van der Waals surface area contributed by atoms with E-state index in [1.807, 2.05) is 0 Å². The van der Waals surface area contributed by atoms with E-state index < -0.39 is 13.4 Å². The molecule has 0 saturated carbocycles. The van der Waals surface area contributed by atoms with E-state index >= 15 is 0 Å². The van der Waals surface area contributed by atoms with Crippen molar-refractivity contribution in [1.29, 1.82) is 0 Å². The number of hydrogen-bond acceptors (Lipinski definition) is 17. The molecule has 0 saturated heterocycles. The van der Waals surface area contributed by atoms with E-state index in [-0.39, 0.29) is 126 Å². The van der Waals surface area contributed by atoms with Crippen LogP contribution in [-0.4, -0.2) is 178 Å². The predicted molar refractivity (Wildman–Crippen MR) is 356 cm³/mol. The molecule has 1 unspecified atom stereocenters. The van der Waals surface area contributed by atoms with Crippen molar-refractivity contribution in [3.05, 3.63) is 102 Å². The van der Waals surface area contributed by atoms with Crippen LogP contribution in [-0.2, 0) is 51.8 Å². The first-order valence-electron chi connectivity index (χ1n) is 32.6. The average Bonchev–Trinajstić information content (AvgIpc) is 1.46. The number of phosphoric acid groups is 1. The van der Waals surface area contributed by atoms with Crippen molar-refractivity contribution in [2.75, 3.05) is 120 Å². The molecule has 26 nitrogen and oxygen atoms in total. The number of carbonyl (C=O) groups is 8. The zero-order valence-corrected chi connectivity index (χ0v) is 56.2. The molecule has 0 fully saturated rings. The summed E-state index contributed by atoms with van der Waals surface area (Å²) in [4.78, 5) is 112. The maximum absolute atomic E-state index is 13.9. The Balaban J connectivity index is 1.53. The summed E-state index contributed by atoms with van der Waals surface area (Å²) in [6, 6.07) is 20.1. The molecule has 0 aliphatic carbocycles. The number of rotatable bonds is 56. The smallest absolute Gasteiger partial charge is 0.472 e. The molecule has 0 bridgehead atoms. The third-order valence-corrected chi connectivity index (χ3v) is 15.4. The van der Waals surface area contributed by atoms with Crippen molar-refractivity contribution in [2.45, 2.75) is 134 Å². The van der Waals surface area contributed by atoms with Gasteiger partial charge in [-0.1, -0.05) is 57.4 Å². The second-order valence-electron chi connectivity index (χ2n) is 22.3. The first kappa shape index (κ1) is 80.8. The minimum absolute atomic E-state index is 0.0136. The van der Waals surface area contributed by atoms with E-state index in [4.69, 9.17) is 37.5 Å². The minimum Gasteiger partial charge on any atom is -0.497 e. The van der Waals surface area contributed by atoms with E-state index in [1.165, 1.54) is 6.08 Å². The zero-order valence-electron chi connectivity index (χ0n) is 55.3. The van der Waals surface area contributed by atoms with Crippen molar-refractivity contribution in [1.82, 2.24) is 42.5 Å². The first-order valence-corrected chi connectivity index (χ1v) is 34.1. The SMILES string of the molecule is C=CCOP(=O)(O)OCCCCCCNC(=O)CCCCCCCCCCC(=O)NC(COCCC(=O)NCCCNC(=O)c1ccc(OC)cc1)(COCCC(=O)NCCCNC(=O)c1ccc(OC)cc1)COCCC(=O)NCCCNC(=O)c1ccc(OC)cc1. The van der Waals surface area contributed by atoms with E-state index in [9.17, 15) is 47.8 Å². The van der Waals surface area contributed by atoms with Gasteiger partial charge in [-0.15, -0.1) is 6.58 Å². The van der Waals surface area contributed by atoms with Gasteiger partial charge >= 0.3 is 7.82 Å². The Labute approximate surface area is 554 Å². The van der Waals surface area contributed by atoms with Gasteiger partial charge in [0.25, 0.3) is 17.7 Å². The molecule has 524 valence electrons. The van der Waals surface area contributed by atoms with Crippen LogP contribution < -0.4 is 56.7 Å². The average molecular weight is 1340 g/mol. The largest absolute Gasteiger partial charge is 0.497 e. The number of carbonyl (C=O) groups excluding carboxylic acids is 8. The molecule has 94 heavy (non-hydrogen) atoms. The number of nitrogens with one attached hydrogen (secondary N) is 8. The third kappa shape index (κ3) is 38.7. The Hall–Kier alpha value is -7.45. The molecule has 0 spiro atoms. The maximum Gasteiger partial charge on any atom is 0.472 e. The summed E-state index contributed by atoms with van der Waals surface area (Å²) in [5.74, 6) is -0.0241. The fourth-order valence-electron chi connectivity index (χ4n) is 9.13. The summed E-state index contributed by atoms with van der Waals surface area (Å²) in [5, 5.41) is 23.1. The van der Waals surface area contributed by atoms with Crippen molar-refractivity contribution in [3.63, 3.8) is 0 Å². The standard InChI is InChI=1S/C67H103N8O18P/c1-5-45-92-94(84,85)93-46-17-13-12-16-38-68-59(76)21-14-10-8-6-7-9-11-15-22-63(80)75-67(50-89-47-35-60(77)69-39-18-42-72-64(81)53-23-29-56(86-2)30-24-53,51-90-48-36-61(78)70-40-19-43-73-65(82)54-25-31-57(87-3)32-26-54)52-91-49-37-62(79)71-41-20-44-74-66(83)55-27-33-58(88-4)34-28-55/h5,23-34H,1,6-22,35-52H2,2-4H3,(H,68,76)(H,69,77)(H,70,78)(H,71,79)(H,72,81)(H,73,82)(H,74,83)(H,75,80)(H,84,85). The van der Waals surface area contributed by atoms with Gasteiger partial charge in [-0.25, -0.2) is 4.57 Å². The fourth-order valence-corrected chi connectivity index (χ4v) is 9.86. The lowest BCUT2D eigenvalue weighted by atomic mass is 10.0. The summed E-state index contributed by atoms with van der Waals surface area (Å²) in [7, 11) is 0.573. The number of amides is 8. The van der Waals surface area contributed by atoms with Crippen LogP contribution >= 0.6 is 7.82 Å². The topological polar surface area (TPSA) is 344 Å². The number of hydrogen-bond donors (Lipinski definition) is 9. The molecule has 8 amide bonds. The van der Waals surface area contributed by atoms with Gasteiger partial charge in [0, 0.05) is 94.6 Å². The Morgan fingerprint density at radius 1 is 0.394 bits per heavy atom. The van der Waals surface area contributed by atoms with Crippen molar-refractivity contribution < 1.29 is 85.3 Å². The number of unbranched alkanes of at least 4 members (excludes halogenated alkanes) is 10. The predicted octanol–water partition coefficient (Wildman–Crippen LogP) is 6.79. The lowest BCUT2D eigenvalue weighted by Gasteiger charge is -2.34. The van der Waals surface area contributed by atoms with Gasteiger partial charge in [-0.05, 0) is 118 Å². The summed E-state index contributed by atoms with van der Waals surface area (Å²) in [6.07, 6.45) is 13.3. The van der Waals surface area contributed by atoms with Gasteiger partial charge in [-0.2, -0.15) is 0 Å². The normalized spacial score (nSPS) is 11.7. The number of phosphoric ester groups is 1. The van der Waals surface area contributed by atoms with Crippen LogP contribution in [0.3, 0.4) is 0 Å². The number of ether oxygens (including phenoxy) is 6. The quantitative estimate of drug-likeness (QED) is 0.0159. The molecule has 9 N–H and O–H groups in total. The molecule has 27 heteroatoms. The molecule has 0 radical (unpaired) electrons. The highest BCUT2D eigenvalue weighted by Gasteiger charge is 2.34. The van der Waals surface area contributed by atoms with Gasteiger partial charge in [0.05, 0.1) is 74.2 Å². The highest BCUT2D eigenvalue weighted by atomic mass is 31.2. The molecule has 0 aliphatic rings. The lowest BCUT2D eigenvalue weighted by molar-refractivity contribution is -0.130. The molecular formula is C67H103N8O18P. The molecule has 3 aromatic rings. The highest BCUT2D eigenvalue weighted by molar-refractivity contribution is 7.47. The number of benzene rings is 3. The van der Waals surface area contributed by atoms with Gasteiger partial charge in [0.15, 0.2) is 0 Å². The van der Waals surface area contributed by atoms with Crippen LogP contribution in [0.15, 0.2) is 85.5 Å². The summed E-state index contributed by atoms with van der Waals surface area (Å²) in [6.45, 7) is 5.33. The highest BCUT2D eigenvalue weighted by Crippen LogP contribution is 2.43. The van der Waals surface area contributed by atoms with Gasteiger partial charge in [0.2, 0.25) is 29.5 Å². The van der Waals surface area contributed by atoms with E-state index in [0.717, 1.165) is 64.2 Å². The summed E-state index contributed by atoms with van der Waals surface area (Å²) in [5.41, 5.74) is 0.110. The van der Waals surface area contributed by atoms with E-state index in [0.29, 0.717) is 118 Å². The van der Waals surface area contributed by atoms with Crippen LogP contribution in [0.25, 0.3) is 0 Å². The molecule has 0 heterocycles. The van der Waals surface area contributed by atoms with Crippen LogP contribution in [0.1, 0.15) is 159 Å². The first-order chi connectivity index (χ1) is 45.5. The van der Waals surface area contributed by atoms with Gasteiger partial charge in [0.1, 0.15) is 22.8 Å². The van der Waals surface area contributed by atoms with E-state index in [2.05, 4.69) is 49.1 Å². The van der Waals surface area contributed by atoms with E-state index in [1.54, 1.807) is 94.1 Å². The van der Waals surface area contributed by atoms with Crippen LogP contribution in [0.5, 0.6) is 17.2 Å². The fraction of sp³-hybridized carbons (Fsp3) is 0.582. The zero-order chi connectivity index (χ0) is 68.3. The van der Waals surface area contributed by atoms with Gasteiger partial charge < -0.3 is 75.8 Å². The monoisotopic (exact) mass is 1340 g/mol. The Bertz CT molecular complexity index is 2510. The van der Waals surface area contributed by atoms with Crippen molar-refractivity contribution >= 4 is 55.1 Å². The molecule has 1 atom stereocenters. The van der Waals surface area contributed by atoms with Gasteiger partial charge in [-0.3, -0.25) is 47.4 Å². The van der Waals surface area contributed by atoms with Crippen LogP contribution in [0.2, 0.25) is 0 Å².